The number of halogens is 1. The molecule has 188 valence electrons. The van der Waals surface area contributed by atoms with Crippen LogP contribution in [-0.2, 0) is 10.2 Å². The Morgan fingerprint density at radius 2 is 1.59 bits per heavy atom. The van der Waals surface area contributed by atoms with Gasteiger partial charge >= 0.3 is 0 Å². The SMILES string of the molecule is CCN1C(=O)/C(=C\C=C2\N(CC)c3ccc(-c4ccccc4)cc3C2(C)C)SC1=Nc1ccc(Br)cc1. The van der Waals surface area contributed by atoms with Crippen LogP contribution in [0.1, 0.15) is 33.3 Å². The summed E-state index contributed by atoms with van der Waals surface area (Å²) < 4.78 is 1.00. The van der Waals surface area contributed by atoms with Gasteiger partial charge in [0, 0.05) is 34.4 Å². The number of rotatable bonds is 5. The molecule has 5 rings (SSSR count). The van der Waals surface area contributed by atoms with Gasteiger partial charge < -0.3 is 4.90 Å². The van der Waals surface area contributed by atoms with Crippen molar-refractivity contribution in [3.63, 3.8) is 0 Å². The fourth-order valence-corrected chi connectivity index (χ4v) is 6.26. The maximum absolute atomic E-state index is 13.2. The van der Waals surface area contributed by atoms with Crippen LogP contribution in [0.15, 0.2) is 105 Å². The lowest BCUT2D eigenvalue weighted by Crippen LogP contribution is -2.28. The number of carbonyl (C=O) groups is 1. The zero-order valence-electron chi connectivity index (χ0n) is 21.5. The molecule has 2 aliphatic heterocycles. The van der Waals surface area contributed by atoms with E-state index in [2.05, 4.69) is 90.1 Å². The Balaban J connectivity index is 1.49. The van der Waals surface area contributed by atoms with Crippen LogP contribution in [0.25, 0.3) is 11.1 Å². The number of thioether (sulfide) groups is 1. The smallest absolute Gasteiger partial charge is 0.266 e. The van der Waals surface area contributed by atoms with Crippen molar-refractivity contribution in [2.75, 3.05) is 18.0 Å². The van der Waals surface area contributed by atoms with Crippen LogP contribution in [0.2, 0.25) is 0 Å². The van der Waals surface area contributed by atoms with Gasteiger partial charge in [0.05, 0.1) is 10.6 Å². The normalized spacial score (nSPS) is 19.9. The Morgan fingerprint density at radius 3 is 2.27 bits per heavy atom. The fourth-order valence-electron chi connectivity index (χ4n) is 4.99. The molecule has 2 aliphatic rings. The molecule has 3 aromatic rings. The van der Waals surface area contributed by atoms with Gasteiger partial charge in [0.15, 0.2) is 5.17 Å². The number of nitrogens with zero attached hydrogens (tertiary/aromatic N) is 3. The van der Waals surface area contributed by atoms with Gasteiger partial charge in [0.1, 0.15) is 0 Å². The van der Waals surface area contributed by atoms with Crippen molar-refractivity contribution in [3.8, 4) is 11.1 Å². The minimum atomic E-state index is -0.196. The van der Waals surface area contributed by atoms with Gasteiger partial charge in [0.2, 0.25) is 0 Å². The van der Waals surface area contributed by atoms with Crippen LogP contribution < -0.4 is 4.90 Å². The van der Waals surface area contributed by atoms with E-state index in [-0.39, 0.29) is 11.3 Å². The zero-order chi connectivity index (χ0) is 26.2. The molecule has 0 saturated carbocycles. The first kappa shape index (κ1) is 25.6. The number of fused-ring (bicyclic) bond motifs is 1. The monoisotopic (exact) mass is 571 g/mol. The van der Waals surface area contributed by atoms with Crippen LogP contribution >= 0.6 is 27.7 Å². The summed E-state index contributed by atoms with van der Waals surface area (Å²) in [5, 5.41) is 0.716. The van der Waals surface area contributed by atoms with Crippen LogP contribution in [0.4, 0.5) is 11.4 Å². The van der Waals surface area contributed by atoms with Crippen LogP contribution in [-0.4, -0.2) is 29.1 Å². The van der Waals surface area contributed by atoms with Gasteiger partial charge in [-0.2, -0.15) is 0 Å². The summed E-state index contributed by atoms with van der Waals surface area (Å²) in [5.74, 6) is 0.00272. The van der Waals surface area contributed by atoms with Crippen LogP contribution in [0.5, 0.6) is 0 Å². The lowest BCUT2D eigenvalue weighted by Gasteiger charge is -2.25. The highest BCUT2D eigenvalue weighted by Crippen LogP contribution is 2.49. The second-order valence-electron chi connectivity index (χ2n) is 9.57. The highest BCUT2D eigenvalue weighted by Gasteiger charge is 2.40. The minimum absolute atomic E-state index is 0.00272. The van der Waals surface area contributed by atoms with Crippen molar-refractivity contribution in [1.29, 1.82) is 0 Å². The van der Waals surface area contributed by atoms with Gasteiger partial charge in [-0.15, -0.1) is 0 Å². The van der Waals surface area contributed by atoms with Gasteiger partial charge in [-0.1, -0.05) is 66.2 Å². The minimum Gasteiger partial charge on any atom is -0.344 e. The van der Waals surface area contributed by atoms with E-state index < -0.39 is 0 Å². The van der Waals surface area contributed by atoms with Crippen molar-refractivity contribution >= 4 is 50.1 Å². The molecule has 0 unspecified atom stereocenters. The van der Waals surface area contributed by atoms with Crippen molar-refractivity contribution in [1.82, 2.24) is 4.90 Å². The molecule has 0 N–H and O–H groups in total. The second-order valence-corrected chi connectivity index (χ2v) is 11.5. The quantitative estimate of drug-likeness (QED) is 0.289. The maximum Gasteiger partial charge on any atom is 0.266 e. The van der Waals surface area contributed by atoms with E-state index in [0.717, 1.165) is 16.7 Å². The van der Waals surface area contributed by atoms with E-state index in [4.69, 9.17) is 4.99 Å². The van der Waals surface area contributed by atoms with Crippen molar-refractivity contribution in [3.05, 3.63) is 106 Å². The number of hydrogen-bond acceptors (Lipinski definition) is 4. The number of hydrogen-bond donors (Lipinski definition) is 0. The third-order valence-electron chi connectivity index (χ3n) is 6.96. The molecular formula is C31H30BrN3OS. The molecule has 1 saturated heterocycles. The average Bonchev–Trinajstić information content (AvgIpc) is 3.32. The molecule has 3 aromatic carbocycles. The maximum atomic E-state index is 13.2. The molecule has 1 fully saturated rings. The highest BCUT2D eigenvalue weighted by molar-refractivity contribution is 9.10. The van der Waals surface area contributed by atoms with Crippen molar-refractivity contribution in [2.45, 2.75) is 33.1 Å². The third-order valence-corrected chi connectivity index (χ3v) is 8.52. The molecule has 6 heteroatoms. The number of likely N-dealkylation sites (N-methyl/N-ethyl adjacent to an activating group) is 2. The van der Waals surface area contributed by atoms with Crippen LogP contribution in [0.3, 0.4) is 0 Å². The second kappa shape index (κ2) is 10.3. The molecule has 0 aliphatic carbocycles. The van der Waals surface area contributed by atoms with E-state index in [1.807, 2.05) is 43.3 Å². The van der Waals surface area contributed by atoms with E-state index in [9.17, 15) is 4.79 Å². The predicted octanol–water partition coefficient (Wildman–Crippen LogP) is 8.28. The van der Waals surface area contributed by atoms with E-state index in [1.54, 1.807) is 4.90 Å². The third kappa shape index (κ3) is 4.80. The number of carbonyl (C=O) groups excluding carboxylic acids is 1. The predicted molar refractivity (Wildman–Crippen MR) is 160 cm³/mol. The largest absolute Gasteiger partial charge is 0.344 e. The van der Waals surface area contributed by atoms with E-state index in [0.29, 0.717) is 16.6 Å². The first-order valence-corrected chi connectivity index (χ1v) is 14.2. The van der Waals surface area contributed by atoms with Crippen molar-refractivity contribution < 1.29 is 4.79 Å². The summed E-state index contributed by atoms with van der Waals surface area (Å²) in [7, 11) is 0. The Bertz CT molecular complexity index is 1420. The molecule has 0 bridgehead atoms. The first-order valence-electron chi connectivity index (χ1n) is 12.6. The summed E-state index contributed by atoms with van der Waals surface area (Å²) in [4.78, 5) is 22.8. The van der Waals surface area contributed by atoms with Gasteiger partial charge in [-0.05, 0) is 90.8 Å². The number of benzene rings is 3. The Hall–Kier alpha value is -3.09. The van der Waals surface area contributed by atoms with Gasteiger partial charge in [-0.3, -0.25) is 9.69 Å². The zero-order valence-corrected chi connectivity index (χ0v) is 23.9. The lowest BCUT2D eigenvalue weighted by molar-refractivity contribution is -0.122. The lowest BCUT2D eigenvalue weighted by atomic mass is 9.82. The summed E-state index contributed by atoms with van der Waals surface area (Å²) in [6.45, 7) is 10.1. The van der Waals surface area contributed by atoms with Gasteiger partial charge in [0.25, 0.3) is 5.91 Å². The highest BCUT2D eigenvalue weighted by atomic mass is 79.9. The number of allylic oxidation sites excluding steroid dienone is 3. The van der Waals surface area contributed by atoms with Crippen molar-refractivity contribution in [2.24, 2.45) is 4.99 Å². The summed E-state index contributed by atoms with van der Waals surface area (Å²) in [6, 6.07) is 25.1. The molecule has 0 atom stereocenters. The first-order chi connectivity index (χ1) is 17.8. The standard InChI is InChI=1S/C31H30BrN3OS/c1-5-34-26-17-12-22(21-10-8-7-9-11-21)20-25(26)31(3,4)28(34)19-18-27-29(36)35(6-2)30(37-27)33-24-15-13-23(32)14-16-24/h7-20H,5-6H2,1-4H3/b27-18+,28-19+,33-30?. The topological polar surface area (TPSA) is 35.9 Å². The molecule has 37 heavy (non-hydrogen) atoms. The summed E-state index contributed by atoms with van der Waals surface area (Å²) >= 11 is 4.90. The summed E-state index contributed by atoms with van der Waals surface area (Å²) in [6.07, 6.45) is 4.10. The van der Waals surface area contributed by atoms with Gasteiger partial charge in [-0.25, -0.2) is 4.99 Å². The number of aliphatic imine (C=N–C) groups is 1. The number of amides is 1. The van der Waals surface area contributed by atoms with E-state index in [1.165, 1.54) is 39.8 Å². The fraction of sp³-hybridized carbons (Fsp3) is 0.226. The summed E-state index contributed by atoms with van der Waals surface area (Å²) in [5.41, 5.74) is 6.80. The molecule has 1 amide bonds. The number of anilines is 1. The molecule has 2 heterocycles. The Morgan fingerprint density at radius 1 is 0.892 bits per heavy atom. The molecule has 0 spiro atoms. The molecule has 0 aromatic heterocycles. The van der Waals surface area contributed by atoms with Crippen LogP contribution in [0, 0.1) is 0 Å². The number of amidine groups is 1. The molecule has 0 radical (unpaired) electrons. The molecular weight excluding hydrogens is 542 g/mol. The van der Waals surface area contributed by atoms with E-state index >= 15 is 0 Å². The Kier molecular flexibility index (Phi) is 7.15. The molecule has 4 nitrogen and oxygen atoms in total. The Labute approximate surface area is 231 Å². The average molecular weight is 573 g/mol.